The Morgan fingerprint density at radius 2 is 1.04 bits per heavy atom. The van der Waals surface area contributed by atoms with Crippen LogP contribution in [0.2, 0.25) is 0 Å². The Balaban J connectivity index is 1.08. The molecule has 0 atom stereocenters. The number of hydrogen-bond donors (Lipinski definition) is 0. The molecule has 0 saturated heterocycles. The molecule has 0 spiro atoms. The molecule has 1 aromatic heterocycles. The van der Waals surface area contributed by atoms with E-state index in [1.165, 1.54) is 55.3 Å². The van der Waals surface area contributed by atoms with Crippen LogP contribution < -0.4 is 4.90 Å². The first kappa shape index (κ1) is 33.2. The number of anilines is 3. The van der Waals surface area contributed by atoms with Crippen molar-refractivity contribution >= 4 is 49.8 Å². The number of fused-ring (bicyclic) bond motifs is 7. The number of hydrogen-bond acceptors (Lipinski definition) is 2. The topological polar surface area (TPSA) is 16.4 Å². The molecule has 0 unspecified atom stereocenters. The summed E-state index contributed by atoms with van der Waals surface area (Å²) in [4.78, 5) is 2.42. The molecule has 2 heteroatoms. The van der Waals surface area contributed by atoms with E-state index in [9.17, 15) is 0 Å². The molecule has 1 aliphatic carbocycles. The Morgan fingerprint density at radius 3 is 1.93 bits per heavy atom. The van der Waals surface area contributed by atoms with E-state index < -0.39 is 0 Å². The maximum absolute atomic E-state index is 6.32. The van der Waals surface area contributed by atoms with Gasteiger partial charge in [-0.05, 0) is 115 Å². The molecule has 0 bridgehead atoms. The van der Waals surface area contributed by atoms with Gasteiger partial charge in [0.2, 0.25) is 0 Å². The average molecular weight is 730 g/mol. The van der Waals surface area contributed by atoms with Crippen molar-refractivity contribution in [3.05, 3.63) is 211 Å². The van der Waals surface area contributed by atoms with Crippen molar-refractivity contribution in [1.29, 1.82) is 0 Å². The first-order valence-electron chi connectivity index (χ1n) is 19.8. The summed E-state index contributed by atoms with van der Waals surface area (Å²) in [7, 11) is 0. The maximum atomic E-state index is 6.32. The summed E-state index contributed by atoms with van der Waals surface area (Å²) in [6, 6.07) is 72.7. The summed E-state index contributed by atoms with van der Waals surface area (Å²) in [6.45, 7) is 4.71. The number of furan rings is 1. The molecule has 0 fully saturated rings. The van der Waals surface area contributed by atoms with E-state index in [2.05, 4.69) is 213 Å². The highest BCUT2D eigenvalue weighted by Gasteiger charge is 2.35. The van der Waals surface area contributed by atoms with Gasteiger partial charge in [0.25, 0.3) is 0 Å². The van der Waals surface area contributed by atoms with Gasteiger partial charge in [-0.1, -0.05) is 159 Å². The Bertz CT molecular complexity index is 3170. The second kappa shape index (κ2) is 13.0. The monoisotopic (exact) mass is 729 g/mol. The molecule has 0 N–H and O–H groups in total. The summed E-state index contributed by atoms with van der Waals surface area (Å²) in [5, 5.41) is 4.76. The van der Waals surface area contributed by atoms with Crippen molar-refractivity contribution < 1.29 is 4.42 Å². The first-order valence-corrected chi connectivity index (χ1v) is 19.8. The quantitative estimate of drug-likeness (QED) is 0.169. The second-order valence-electron chi connectivity index (χ2n) is 15.7. The van der Waals surface area contributed by atoms with Crippen LogP contribution >= 0.6 is 0 Å². The fraction of sp³-hybridized carbons (Fsp3) is 0.0545. The maximum Gasteiger partial charge on any atom is 0.136 e. The minimum Gasteiger partial charge on any atom is -0.456 e. The molecule has 0 aliphatic heterocycles. The summed E-state index contributed by atoms with van der Waals surface area (Å²) in [6.07, 6.45) is 0. The predicted molar refractivity (Wildman–Crippen MR) is 240 cm³/mol. The number of rotatable bonds is 6. The molecule has 0 amide bonds. The molecule has 57 heavy (non-hydrogen) atoms. The third-order valence-corrected chi connectivity index (χ3v) is 12.1. The van der Waals surface area contributed by atoms with Crippen molar-refractivity contribution in [2.24, 2.45) is 0 Å². The molecule has 2 nitrogen and oxygen atoms in total. The van der Waals surface area contributed by atoms with E-state index in [-0.39, 0.29) is 5.41 Å². The van der Waals surface area contributed by atoms with E-state index in [1.54, 1.807) is 0 Å². The van der Waals surface area contributed by atoms with Crippen LogP contribution in [-0.4, -0.2) is 0 Å². The molecule has 0 saturated carbocycles. The summed E-state index contributed by atoms with van der Waals surface area (Å²) in [5.41, 5.74) is 17.5. The molecular weight excluding hydrogens is 691 g/mol. The van der Waals surface area contributed by atoms with Crippen molar-refractivity contribution in [2.45, 2.75) is 19.3 Å². The van der Waals surface area contributed by atoms with Crippen LogP contribution in [0.25, 0.3) is 77.2 Å². The summed E-state index contributed by atoms with van der Waals surface area (Å²) < 4.78 is 6.32. The van der Waals surface area contributed by atoms with Crippen LogP contribution in [-0.2, 0) is 5.41 Å². The predicted octanol–water partition coefficient (Wildman–Crippen LogP) is 15.5. The molecule has 270 valence electrons. The van der Waals surface area contributed by atoms with Crippen LogP contribution in [0, 0.1) is 0 Å². The second-order valence-corrected chi connectivity index (χ2v) is 15.7. The van der Waals surface area contributed by atoms with Gasteiger partial charge < -0.3 is 9.32 Å². The zero-order chi connectivity index (χ0) is 38.1. The van der Waals surface area contributed by atoms with Gasteiger partial charge >= 0.3 is 0 Å². The number of nitrogens with zero attached hydrogens (tertiary/aromatic N) is 1. The van der Waals surface area contributed by atoms with Crippen molar-refractivity contribution in [1.82, 2.24) is 0 Å². The van der Waals surface area contributed by atoms with Crippen LogP contribution in [0.1, 0.15) is 25.0 Å². The van der Waals surface area contributed by atoms with Crippen LogP contribution in [0.5, 0.6) is 0 Å². The van der Waals surface area contributed by atoms with Crippen molar-refractivity contribution in [3.63, 3.8) is 0 Å². The SMILES string of the molecule is CC1(C)c2ccccc2-c2ccc(-c3ccccc3N(c3ccc(-c4ccc5ccccc5c4)cc3)c3cccc(-c4cccc5oc6ccccc6c45)c3)cc21. The van der Waals surface area contributed by atoms with Gasteiger partial charge in [-0.2, -0.15) is 0 Å². The molecule has 10 aromatic rings. The van der Waals surface area contributed by atoms with E-state index in [0.717, 1.165) is 50.1 Å². The molecular formula is C55H39NO. The molecule has 0 radical (unpaired) electrons. The van der Waals surface area contributed by atoms with Crippen LogP contribution in [0.3, 0.4) is 0 Å². The zero-order valence-electron chi connectivity index (χ0n) is 31.9. The highest BCUT2D eigenvalue weighted by Crippen LogP contribution is 2.51. The lowest BCUT2D eigenvalue weighted by Crippen LogP contribution is -2.15. The molecule has 1 heterocycles. The zero-order valence-corrected chi connectivity index (χ0v) is 31.9. The molecule has 1 aliphatic rings. The smallest absolute Gasteiger partial charge is 0.136 e. The highest BCUT2D eigenvalue weighted by atomic mass is 16.3. The van der Waals surface area contributed by atoms with E-state index in [0.29, 0.717) is 0 Å². The van der Waals surface area contributed by atoms with Gasteiger partial charge in [-0.25, -0.2) is 0 Å². The lowest BCUT2D eigenvalue weighted by atomic mass is 9.81. The highest BCUT2D eigenvalue weighted by molar-refractivity contribution is 6.12. The Morgan fingerprint density at radius 1 is 0.386 bits per heavy atom. The molecule has 11 rings (SSSR count). The third kappa shape index (κ3) is 5.40. The van der Waals surface area contributed by atoms with Crippen molar-refractivity contribution in [3.8, 4) is 44.5 Å². The van der Waals surface area contributed by atoms with Gasteiger partial charge in [-0.3, -0.25) is 0 Å². The Hall–Kier alpha value is -7.16. The minimum absolute atomic E-state index is 0.0955. The van der Waals surface area contributed by atoms with Crippen LogP contribution in [0.4, 0.5) is 17.1 Å². The van der Waals surface area contributed by atoms with Gasteiger partial charge in [0.1, 0.15) is 11.2 Å². The van der Waals surface area contributed by atoms with E-state index >= 15 is 0 Å². The summed E-state index contributed by atoms with van der Waals surface area (Å²) >= 11 is 0. The largest absolute Gasteiger partial charge is 0.456 e. The minimum atomic E-state index is -0.0955. The van der Waals surface area contributed by atoms with E-state index in [4.69, 9.17) is 4.42 Å². The van der Waals surface area contributed by atoms with Crippen LogP contribution in [0.15, 0.2) is 205 Å². The van der Waals surface area contributed by atoms with E-state index in [1.807, 2.05) is 6.07 Å². The Labute approximate surface area is 332 Å². The number of benzene rings is 9. The first-order chi connectivity index (χ1) is 28.0. The number of para-hydroxylation sites is 2. The average Bonchev–Trinajstić information content (AvgIpc) is 3.76. The third-order valence-electron chi connectivity index (χ3n) is 12.1. The van der Waals surface area contributed by atoms with Crippen molar-refractivity contribution in [2.75, 3.05) is 4.90 Å². The van der Waals surface area contributed by atoms with Gasteiger partial charge in [0, 0.05) is 33.1 Å². The Kier molecular flexibility index (Phi) is 7.55. The van der Waals surface area contributed by atoms with Gasteiger partial charge in [0.05, 0.1) is 5.69 Å². The molecule has 9 aromatic carbocycles. The normalized spacial score (nSPS) is 12.9. The van der Waals surface area contributed by atoms with Gasteiger partial charge in [-0.15, -0.1) is 0 Å². The summed E-state index contributed by atoms with van der Waals surface area (Å²) in [5.74, 6) is 0. The lowest BCUT2D eigenvalue weighted by molar-refractivity contribution is 0.660. The fourth-order valence-electron chi connectivity index (χ4n) is 9.21. The lowest BCUT2D eigenvalue weighted by Gasteiger charge is -2.29. The van der Waals surface area contributed by atoms with Gasteiger partial charge in [0.15, 0.2) is 0 Å². The standard InChI is InChI=1S/C55H39NO/c1-55(2)49-21-8-5-18-46(49)47-32-29-41(35-50(47)55)44-17-6-9-22-51(44)56(42-30-27-37(28-31-42)39-26-25-36-13-3-4-14-38(36)33-39)43-16-11-15-40(34-43)45-20-12-24-53-54(45)48-19-7-10-23-52(48)57-53/h3-35H,1-2H3. The fourth-order valence-corrected chi connectivity index (χ4v) is 9.21.